The van der Waals surface area contributed by atoms with Crippen LogP contribution in [0, 0.1) is 12.7 Å². The highest BCUT2D eigenvalue weighted by Crippen LogP contribution is 2.34. The summed E-state index contributed by atoms with van der Waals surface area (Å²) in [5.41, 5.74) is 4.11. The number of hydrogen-bond acceptors (Lipinski definition) is 4. The number of benzene rings is 1. The minimum Gasteiger partial charge on any atom is -0.307 e. The molecule has 1 N–H and O–H groups in total. The second-order valence-corrected chi connectivity index (χ2v) is 7.00. The number of aromatic nitrogens is 5. The molecule has 0 saturated carbocycles. The zero-order chi connectivity index (χ0) is 20.1. The van der Waals surface area contributed by atoms with Gasteiger partial charge in [0.05, 0.1) is 0 Å². The lowest BCUT2D eigenvalue weighted by atomic mass is 9.97. The number of nitrogens with zero attached hydrogens (tertiary/aromatic N) is 4. The molecule has 0 spiro atoms. The van der Waals surface area contributed by atoms with Crippen molar-refractivity contribution in [1.82, 2.24) is 24.7 Å². The number of aryl methyl sites for hydroxylation is 2. The van der Waals surface area contributed by atoms with E-state index < -0.39 is 5.82 Å². The van der Waals surface area contributed by atoms with Gasteiger partial charge in [0.2, 0.25) is 5.56 Å². The fraction of sp³-hybridized carbons (Fsp3) is 0.0909. The average molecular weight is 385 g/mol. The van der Waals surface area contributed by atoms with Crippen LogP contribution < -0.4 is 5.56 Å². The molecular formula is C22H16FN5O. The monoisotopic (exact) mass is 385 g/mol. The third kappa shape index (κ3) is 2.87. The van der Waals surface area contributed by atoms with E-state index in [1.54, 1.807) is 16.9 Å². The summed E-state index contributed by atoms with van der Waals surface area (Å²) < 4.78 is 16.5. The highest BCUT2D eigenvalue weighted by atomic mass is 19.1. The molecule has 5 aromatic rings. The van der Waals surface area contributed by atoms with Gasteiger partial charge in [-0.3, -0.25) is 14.5 Å². The smallest absolute Gasteiger partial charge is 0.249 e. The molecule has 0 aliphatic rings. The van der Waals surface area contributed by atoms with Crippen LogP contribution in [0.2, 0.25) is 0 Å². The molecule has 0 radical (unpaired) electrons. The SMILES string of the molecule is Cc1ccnc2c(F)cc(-c3cc4ccc(=O)[nH]c4nc3-c3ccn(C)n3)cc12. The van der Waals surface area contributed by atoms with Crippen LogP contribution in [0.4, 0.5) is 4.39 Å². The van der Waals surface area contributed by atoms with E-state index in [2.05, 4.69) is 20.1 Å². The first-order valence-electron chi connectivity index (χ1n) is 9.09. The Morgan fingerprint density at radius 3 is 2.76 bits per heavy atom. The maximum Gasteiger partial charge on any atom is 0.249 e. The predicted octanol–water partition coefficient (Wildman–Crippen LogP) is 3.99. The van der Waals surface area contributed by atoms with E-state index >= 15 is 0 Å². The van der Waals surface area contributed by atoms with Gasteiger partial charge in [-0.15, -0.1) is 0 Å². The van der Waals surface area contributed by atoms with Crippen LogP contribution in [0.5, 0.6) is 0 Å². The van der Waals surface area contributed by atoms with Crippen molar-refractivity contribution < 1.29 is 4.39 Å². The Bertz CT molecular complexity index is 1470. The van der Waals surface area contributed by atoms with Gasteiger partial charge in [0.15, 0.2) is 0 Å². The summed E-state index contributed by atoms with van der Waals surface area (Å²) in [4.78, 5) is 23.3. The number of fused-ring (bicyclic) bond motifs is 2. The van der Waals surface area contributed by atoms with Crippen LogP contribution in [0.1, 0.15) is 5.56 Å². The minimum absolute atomic E-state index is 0.233. The fourth-order valence-corrected chi connectivity index (χ4v) is 3.54. The van der Waals surface area contributed by atoms with Gasteiger partial charge in [-0.2, -0.15) is 5.10 Å². The molecule has 29 heavy (non-hydrogen) atoms. The number of pyridine rings is 3. The van der Waals surface area contributed by atoms with Crippen molar-refractivity contribution in [2.45, 2.75) is 6.92 Å². The summed E-state index contributed by atoms with van der Waals surface area (Å²) in [6.07, 6.45) is 3.42. The first kappa shape index (κ1) is 17.2. The standard InChI is InChI=1S/C22H16FN5O/c1-12-5-7-24-20-15(12)10-14(11-17(20)23)16-9-13-3-4-19(29)25-22(13)26-21(16)18-6-8-28(2)27-18/h3-11H,1-2H3,(H,25,26,29). The first-order chi connectivity index (χ1) is 14.0. The van der Waals surface area contributed by atoms with Crippen LogP contribution in [0.25, 0.3) is 44.5 Å². The third-order valence-electron chi connectivity index (χ3n) is 4.99. The normalized spacial score (nSPS) is 11.4. The van der Waals surface area contributed by atoms with Crippen molar-refractivity contribution in [2.75, 3.05) is 0 Å². The summed E-state index contributed by atoms with van der Waals surface area (Å²) >= 11 is 0. The Balaban J connectivity index is 1.86. The van der Waals surface area contributed by atoms with Gasteiger partial charge in [-0.1, -0.05) is 0 Å². The molecule has 0 atom stereocenters. The Hall–Kier alpha value is -3.87. The number of aromatic amines is 1. The third-order valence-corrected chi connectivity index (χ3v) is 4.99. The van der Waals surface area contributed by atoms with Crippen LogP contribution in [-0.2, 0) is 7.05 Å². The molecule has 5 rings (SSSR count). The average Bonchev–Trinajstić information content (AvgIpc) is 3.14. The first-order valence-corrected chi connectivity index (χ1v) is 9.09. The van der Waals surface area contributed by atoms with E-state index in [4.69, 9.17) is 0 Å². The molecule has 0 bridgehead atoms. The van der Waals surface area contributed by atoms with E-state index in [1.165, 1.54) is 12.1 Å². The molecular weight excluding hydrogens is 369 g/mol. The molecule has 7 heteroatoms. The van der Waals surface area contributed by atoms with Gasteiger partial charge in [0, 0.05) is 41.8 Å². The molecule has 4 heterocycles. The highest BCUT2D eigenvalue weighted by Gasteiger charge is 2.16. The maximum absolute atomic E-state index is 14.9. The molecule has 1 aromatic carbocycles. The number of nitrogens with one attached hydrogen (secondary N) is 1. The van der Waals surface area contributed by atoms with Crippen LogP contribution in [0.3, 0.4) is 0 Å². The van der Waals surface area contributed by atoms with E-state index in [9.17, 15) is 9.18 Å². The summed E-state index contributed by atoms with van der Waals surface area (Å²) in [5.74, 6) is -0.394. The van der Waals surface area contributed by atoms with E-state index in [0.717, 1.165) is 21.9 Å². The Morgan fingerprint density at radius 1 is 1.10 bits per heavy atom. The van der Waals surface area contributed by atoms with E-state index in [1.807, 2.05) is 44.4 Å². The van der Waals surface area contributed by atoms with Gasteiger partial charge in [-0.05, 0) is 54.4 Å². The summed E-state index contributed by atoms with van der Waals surface area (Å²) in [6.45, 7) is 1.93. The number of rotatable bonds is 2. The number of halogens is 1. The Morgan fingerprint density at radius 2 is 1.97 bits per heavy atom. The van der Waals surface area contributed by atoms with Gasteiger partial charge < -0.3 is 4.98 Å². The van der Waals surface area contributed by atoms with Crippen molar-refractivity contribution in [1.29, 1.82) is 0 Å². The molecule has 0 aliphatic heterocycles. The van der Waals surface area contributed by atoms with Gasteiger partial charge >= 0.3 is 0 Å². The van der Waals surface area contributed by atoms with Crippen molar-refractivity contribution in [3.63, 3.8) is 0 Å². The van der Waals surface area contributed by atoms with Gasteiger partial charge in [0.25, 0.3) is 0 Å². The Kier molecular flexibility index (Phi) is 3.77. The van der Waals surface area contributed by atoms with Crippen LogP contribution >= 0.6 is 0 Å². The van der Waals surface area contributed by atoms with Crippen molar-refractivity contribution in [2.24, 2.45) is 7.05 Å². The molecule has 0 aliphatic carbocycles. The molecule has 142 valence electrons. The topological polar surface area (TPSA) is 76.5 Å². The molecule has 0 unspecified atom stereocenters. The quantitative estimate of drug-likeness (QED) is 0.499. The maximum atomic E-state index is 14.9. The van der Waals surface area contributed by atoms with Crippen LogP contribution in [-0.4, -0.2) is 24.7 Å². The second kappa shape index (κ2) is 6.34. The zero-order valence-electron chi connectivity index (χ0n) is 15.8. The lowest BCUT2D eigenvalue weighted by molar-refractivity contribution is 0.637. The minimum atomic E-state index is -0.394. The highest BCUT2D eigenvalue weighted by molar-refractivity contribution is 5.93. The molecule has 0 fully saturated rings. The zero-order valence-corrected chi connectivity index (χ0v) is 15.8. The lowest BCUT2D eigenvalue weighted by Crippen LogP contribution is -2.05. The lowest BCUT2D eigenvalue weighted by Gasteiger charge is -2.12. The molecule has 0 saturated heterocycles. The Labute approximate surface area is 164 Å². The summed E-state index contributed by atoms with van der Waals surface area (Å²) in [7, 11) is 1.82. The molecule has 0 amide bonds. The fourth-order valence-electron chi connectivity index (χ4n) is 3.54. The summed E-state index contributed by atoms with van der Waals surface area (Å²) in [5, 5.41) is 5.95. The summed E-state index contributed by atoms with van der Waals surface area (Å²) in [6, 6.07) is 12.1. The van der Waals surface area contributed by atoms with Gasteiger partial charge in [0.1, 0.15) is 28.4 Å². The van der Waals surface area contributed by atoms with Crippen molar-refractivity contribution >= 4 is 21.9 Å². The van der Waals surface area contributed by atoms with Crippen molar-refractivity contribution in [3.05, 3.63) is 76.6 Å². The van der Waals surface area contributed by atoms with Gasteiger partial charge in [-0.25, -0.2) is 9.37 Å². The van der Waals surface area contributed by atoms with Crippen molar-refractivity contribution in [3.8, 4) is 22.5 Å². The van der Waals surface area contributed by atoms with Crippen LogP contribution in [0.15, 0.2) is 59.7 Å². The predicted molar refractivity (Wildman–Crippen MR) is 110 cm³/mol. The number of hydrogen-bond donors (Lipinski definition) is 1. The second-order valence-electron chi connectivity index (χ2n) is 7.00. The van der Waals surface area contributed by atoms with E-state index in [0.29, 0.717) is 28.1 Å². The molecule has 6 nitrogen and oxygen atoms in total. The number of H-pyrrole nitrogens is 1. The van der Waals surface area contributed by atoms with E-state index in [-0.39, 0.29) is 5.56 Å². The molecule has 4 aromatic heterocycles. The largest absolute Gasteiger partial charge is 0.307 e.